The van der Waals surface area contributed by atoms with E-state index in [1.165, 1.54) is 29.2 Å². The Morgan fingerprint density at radius 3 is 2.05 bits per heavy atom. The van der Waals surface area contributed by atoms with Gasteiger partial charge in [-0.25, -0.2) is 18.4 Å². The van der Waals surface area contributed by atoms with Crippen LogP contribution in [0.3, 0.4) is 0 Å². The Kier molecular flexibility index (Phi) is 8.38. The topological polar surface area (TPSA) is 72.9 Å². The first-order valence-corrected chi connectivity index (χ1v) is 12.5. The molecule has 1 heterocycles. The van der Waals surface area contributed by atoms with Crippen molar-refractivity contribution in [2.24, 2.45) is 5.92 Å². The molecule has 194 valence electrons. The number of halogens is 2. The molecule has 3 aromatic carbocycles. The molecule has 8 heteroatoms. The summed E-state index contributed by atoms with van der Waals surface area (Å²) in [7, 11) is 0. The van der Waals surface area contributed by atoms with Crippen LogP contribution in [-0.4, -0.2) is 46.3 Å². The highest BCUT2D eigenvalue weighted by molar-refractivity contribution is 5.75. The van der Waals surface area contributed by atoms with E-state index < -0.39 is 18.2 Å². The third-order valence-electron chi connectivity index (χ3n) is 6.87. The summed E-state index contributed by atoms with van der Waals surface area (Å²) < 4.78 is 27.7. The Labute approximate surface area is 215 Å². The summed E-state index contributed by atoms with van der Waals surface area (Å²) in [5, 5.41) is 13.2. The maximum absolute atomic E-state index is 13.9. The average Bonchev–Trinajstić information content (AvgIpc) is 2.90. The predicted molar refractivity (Wildman–Crippen MR) is 137 cm³/mol. The van der Waals surface area contributed by atoms with Crippen molar-refractivity contribution in [3.63, 3.8) is 0 Å². The van der Waals surface area contributed by atoms with Gasteiger partial charge < -0.3 is 15.3 Å². The van der Waals surface area contributed by atoms with Gasteiger partial charge in [0.1, 0.15) is 17.8 Å². The van der Waals surface area contributed by atoms with Gasteiger partial charge >= 0.3 is 12.1 Å². The zero-order valence-corrected chi connectivity index (χ0v) is 20.7. The van der Waals surface area contributed by atoms with Crippen LogP contribution >= 0.6 is 0 Å². The van der Waals surface area contributed by atoms with Crippen molar-refractivity contribution in [3.8, 4) is 0 Å². The van der Waals surface area contributed by atoms with Crippen LogP contribution in [0, 0.1) is 17.6 Å². The van der Waals surface area contributed by atoms with Crippen molar-refractivity contribution in [1.82, 2.24) is 15.1 Å². The van der Waals surface area contributed by atoms with E-state index in [1.54, 1.807) is 29.2 Å². The van der Waals surface area contributed by atoms with E-state index >= 15 is 0 Å². The molecule has 0 spiro atoms. The Balaban J connectivity index is 1.84. The molecule has 0 saturated carbocycles. The molecule has 4 rings (SSSR count). The van der Waals surface area contributed by atoms with Crippen LogP contribution in [0.1, 0.15) is 42.4 Å². The van der Waals surface area contributed by atoms with Crippen molar-refractivity contribution < 1.29 is 23.5 Å². The number of hydrogen-bond donors (Lipinski definition) is 2. The van der Waals surface area contributed by atoms with Gasteiger partial charge in [-0.1, -0.05) is 54.6 Å². The number of nitrogens with zero attached hydrogens (tertiary/aromatic N) is 2. The van der Waals surface area contributed by atoms with Crippen molar-refractivity contribution in [1.29, 1.82) is 0 Å². The van der Waals surface area contributed by atoms with E-state index in [0.29, 0.717) is 25.9 Å². The summed E-state index contributed by atoms with van der Waals surface area (Å²) in [5.74, 6) is -1.54. The van der Waals surface area contributed by atoms with Crippen LogP contribution in [0.15, 0.2) is 78.9 Å². The molecule has 0 unspecified atom stereocenters. The summed E-state index contributed by atoms with van der Waals surface area (Å²) in [5.41, 5.74) is 2.34. The van der Waals surface area contributed by atoms with Crippen molar-refractivity contribution in [3.05, 3.63) is 107 Å². The van der Waals surface area contributed by atoms with Crippen molar-refractivity contribution in [2.45, 2.75) is 38.4 Å². The quantitative estimate of drug-likeness (QED) is 0.409. The van der Waals surface area contributed by atoms with Crippen LogP contribution in [0.2, 0.25) is 0 Å². The van der Waals surface area contributed by atoms with Crippen LogP contribution in [0.4, 0.5) is 18.4 Å². The Hall–Kier alpha value is -3.94. The molecule has 1 aliphatic rings. The molecule has 0 bridgehead atoms. The third-order valence-corrected chi connectivity index (χ3v) is 6.87. The molecule has 0 aromatic heterocycles. The minimum atomic E-state index is -1.15. The fourth-order valence-electron chi connectivity index (χ4n) is 5.30. The van der Waals surface area contributed by atoms with Gasteiger partial charge in [-0.3, -0.25) is 4.90 Å². The summed E-state index contributed by atoms with van der Waals surface area (Å²) in [6.45, 7) is 2.70. The SMILES string of the molecule is CCNC(=O)N1CCC[C@H](C(c2ccc(F)cc2)c2ccc(F)cc2)[C@@H]1N(Cc1ccccc1)C(=O)O. The first-order chi connectivity index (χ1) is 17.9. The summed E-state index contributed by atoms with van der Waals surface area (Å²) in [6.07, 6.45) is -0.667. The molecule has 3 aromatic rings. The molecule has 3 amide bonds. The first kappa shape index (κ1) is 26.1. The summed E-state index contributed by atoms with van der Waals surface area (Å²) >= 11 is 0. The monoisotopic (exact) mass is 507 g/mol. The number of carboxylic acid groups (broad SMARTS) is 1. The second-order valence-electron chi connectivity index (χ2n) is 9.23. The third kappa shape index (κ3) is 6.07. The smallest absolute Gasteiger partial charge is 0.409 e. The number of piperidine rings is 1. The van der Waals surface area contributed by atoms with E-state index in [1.807, 2.05) is 37.3 Å². The lowest BCUT2D eigenvalue weighted by Gasteiger charge is -2.48. The maximum atomic E-state index is 13.9. The summed E-state index contributed by atoms with van der Waals surface area (Å²) in [4.78, 5) is 28.8. The molecule has 0 aliphatic carbocycles. The van der Waals surface area contributed by atoms with Gasteiger partial charge in [0.15, 0.2) is 0 Å². The Morgan fingerprint density at radius 2 is 1.54 bits per heavy atom. The van der Waals surface area contributed by atoms with Crippen molar-refractivity contribution in [2.75, 3.05) is 13.1 Å². The lowest BCUT2D eigenvalue weighted by Crippen LogP contribution is -2.61. The van der Waals surface area contributed by atoms with E-state index in [9.17, 15) is 23.5 Å². The first-order valence-electron chi connectivity index (χ1n) is 12.5. The lowest BCUT2D eigenvalue weighted by molar-refractivity contribution is -0.00396. The number of carbonyl (C=O) groups is 2. The number of likely N-dealkylation sites (tertiary alicyclic amines) is 1. The van der Waals surface area contributed by atoms with Crippen LogP contribution < -0.4 is 5.32 Å². The highest BCUT2D eigenvalue weighted by atomic mass is 19.1. The second kappa shape index (κ2) is 11.9. The van der Waals surface area contributed by atoms with E-state index in [0.717, 1.165) is 16.7 Å². The second-order valence-corrected chi connectivity index (χ2v) is 9.23. The fourth-order valence-corrected chi connectivity index (χ4v) is 5.30. The number of hydrogen-bond acceptors (Lipinski definition) is 2. The number of benzene rings is 3. The number of rotatable bonds is 7. The van der Waals surface area contributed by atoms with Crippen LogP contribution in [-0.2, 0) is 6.54 Å². The highest BCUT2D eigenvalue weighted by Gasteiger charge is 2.44. The average molecular weight is 508 g/mol. The molecule has 6 nitrogen and oxygen atoms in total. The minimum Gasteiger partial charge on any atom is -0.465 e. The fraction of sp³-hybridized carbons (Fsp3) is 0.310. The van der Waals surface area contributed by atoms with E-state index in [2.05, 4.69) is 5.32 Å². The molecule has 2 N–H and O–H groups in total. The Bertz CT molecular complexity index is 1140. The van der Waals surface area contributed by atoms with Gasteiger partial charge in [0.05, 0.1) is 6.54 Å². The molecule has 1 saturated heterocycles. The van der Waals surface area contributed by atoms with Crippen LogP contribution in [0.25, 0.3) is 0 Å². The normalized spacial score (nSPS) is 17.5. The molecule has 0 radical (unpaired) electrons. The van der Waals surface area contributed by atoms with Gasteiger partial charge in [0.25, 0.3) is 0 Å². The molecule has 1 fully saturated rings. The zero-order chi connectivity index (χ0) is 26.4. The maximum Gasteiger partial charge on any atom is 0.409 e. The number of amides is 3. The van der Waals surface area contributed by atoms with Gasteiger partial charge in [-0.2, -0.15) is 0 Å². The highest BCUT2D eigenvalue weighted by Crippen LogP contribution is 2.42. The van der Waals surface area contributed by atoms with Gasteiger partial charge in [-0.05, 0) is 60.7 Å². The molecular formula is C29H31F2N3O3. The van der Waals surface area contributed by atoms with Gasteiger partial charge in [-0.15, -0.1) is 0 Å². The standard InChI is InChI=1S/C29H31F2N3O3/c1-2-32-28(35)33-18-6-9-25(27(33)34(29(36)37)19-20-7-4-3-5-8-20)26(21-10-14-23(30)15-11-21)22-12-16-24(31)17-13-22/h3-5,7-8,10-17,25-27H,2,6,9,18-19H2,1H3,(H,32,35)(H,36,37)/t25-,27+/m1/s1. The molecule has 2 atom stereocenters. The van der Waals surface area contributed by atoms with E-state index in [4.69, 9.17) is 0 Å². The molecular weight excluding hydrogens is 476 g/mol. The number of carbonyl (C=O) groups excluding carboxylic acids is 1. The largest absolute Gasteiger partial charge is 0.465 e. The number of urea groups is 1. The Morgan fingerprint density at radius 1 is 0.973 bits per heavy atom. The van der Waals surface area contributed by atoms with Crippen LogP contribution in [0.5, 0.6) is 0 Å². The van der Waals surface area contributed by atoms with Crippen molar-refractivity contribution >= 4 is 12.1 Å². The molecule has 1 aliphatic heterocycles. The van der Waals surface area contributed by atoms with Gasteiger partial charge in [0, 0.05) is 24.9 Å². The zero-order valence-electron chi connectivity index (χ0n) is 20.7. The predicted octanol–water partition coefficient (Wildman–Crippen LogP) is 6.04. The number of nitrogens with one attached hydrogen (secondary N) is 1. The van der Waals surface area contributed by atoms with Gasteiger partial charge in [0.2, 0.25) is 0 Å². The lowest BCUT2D eigenvalue weighted by atomic mass is 9.74. The van der Waals surface area contributed by atoms with E-state index in [-0.39, 0.29) is 30.1 Å². The molecule has 37 heavy (non-hydrogen) atoms. The summed E-state index contributed by atoms with van der Waals surface area (Å²) in [6, 6.07) is 21.1. The minimum absolute atomic E-state index is 0.0901.